The van der Waals surface area contributed by atoms with Crippen LogP contribution in [0.2, 0.25) is 0 Å². The maximum atomic E-state index is 11.7. The van der Waals surface area contributed by atoms with Gasteiger partial charge in [0.15, 0.2) is 0 Å². The van der Waals surface area contributed by atoms with Crippen molar-refractivity contribution in [1.82, 2.24) is 5.01 Å². The van der Waals surface area contributed by atoms with Gasteiger partial charge in [-0.1, -0.05) is 18.2 Å². The Morgan fingerprint density at radius 1 is 1.28 bits per heavy atom. The van der Waals surface area contributed by atoms with Crippen LogP contribution in [-0.2, 0) is 10.3 Å². The van der Waals surface area contributed by atoms with E-state index in [0.717, 1.165) is 25.1 Å². The van der Waals surface area contributed by atoms with E-state index in [1.165, 1.54) is 12.0 Å². The Morgan fingerprint density at radius 3 is 2.56 bits per heavy atom. The number of hydrogen-bond acceptors (Lipinski definition) is 3. The molecule has 0 radical (unpaired) electrons. The van der Waals surface area contributed by atoms with E-state index in [-0.39, 0.29) is 11.4 Å². The molecule has 1 aromatic carbocycles. The molecule has 2 fully saturated rings. The summed E-state index contributed by atoms with van der Waals surface area (Å²) >= 11 is 0. The van der Waals surface area contributed by atoms with E-state index in [2.05, 4.69) is 12.1 Å². The Hall–Kier alpha value is -1.55. The molecule has 4 heteroatoms. The van der Waals surface area contributed by atoms with Crippen LogP contribution in [0.5, 0.6) is 0 Å². The van der Waals surface area contributed by atoms with Gasteiger partial charge < -0.3 is 5.73 Å². The van der Waals surface area contributed by atoms with Crippen LogP contribution in [0.1, 0.15) is 31.2 Å². The van der Waals surface area contributed by atoms with Crippen molar-refractivity contribution in [2.24, 2.45) is 5.73 Å². The lowest BCUT2D eigenvalue weighted by Gasteiger charge is -2.41. The van der Waals surface area contributed by atoms with Gasteiger partial charge >= 0.3 is 0 Å². The first-order valence-corrected chi connectivity index (χ1v) is 6.54. The molecule has 0 atom stereocenters. The second kappa shape index (κ2) is 3.99. The average Bonchev–Trinajstić information content (AvgIpc) is 2.67. The Balaban J connectivity index is 1.99. The van der Waals surface area contributed by atoms with Crippen LogP contribution in [0.15, 0.2) is 24.3 Å². The van der Waals surface area contributed by atoms with Crippen molar-refractivity contribution in [3.8, 4) is 0 Å². The van der Waals surface area contributed by atoms with Crippen molar-refractivity contribution >= 4 is 11.6 Å². The van der Waals surface area contributed by atoms with Gasteiger partial charge in [-0.25, -0.2) is 0 Å². The van der Waals surface area contributed by atoms with E-state index in [1.807, 2.05) is 24.2 Å². The van der Waals surface area contributed by atoms with Gasteiger partial charge in [0, 0.05) is 25.6 Å². The van der Waals surface area contributed by atoms with E-state index >= 15 is 0 Å². The molecule has 2 N–H and O–H groups in total. The topological polar surface area (TPSA) is 49.6 Å². The molecule has 1 amide bonds. The quantitative estimate of drug-likeness (QED) is 0.861. The normalized spacial score (nSPS) is 22.2. The summed E-state index contributed by atoms with van der Waals surface area (Å²) in [5.41, 5.74) is 8.52. The predicted molar refractivity (Wildman–Crippen MR) is 70.9 cm³/mol. The molecule has 3 rings (SSSR count). The van der Waals surface area contributed by atoms with Crippen LogP contribution in [0.25, 0.3) is 0 Å². The van der Waals surface area contributed by atoms with Gasteiger partial charge in [0.2, 0.25) is 5.91 Å². The second-order valence-corrected chi connectivity index (χ2v) is 5.32. The van der Waals surface area contributed by atoms with Crippen molar-refractivity contribution in [3.63, 3.8) is 0 Å². The summed E-state index contributed by atoms with van der Waals surface area (Å²) in [4.78, 5) is 11.7. The first kappa shape index (κ1) is 11.5. The van der Waals surface area contributed by atoms with Crippen molar-refractivity contribution in [2.45, 2.75) is 31.2 Å². The minimum Gasteiger partial charge on any atom is -0.321 e. The molecule has 1 heterocycles. The van der Waals surface area contributed by atoms with Crippen molar-refractivity contribution < 1.29 is 4.79 Å². The van der Waals surface area contributed by atoms with Crippen LogP contribution in [0.3, 0.4) is 0 Å². The lowest BCUT2D eigenvalue weighted by atomic mass is 9.72. The highest BCUT2D eigenvalue weighted by atomic mass is 16.2. The maximum absolute atomic E-state index is 11.7. The number of rotatable bonds is 2. The monoisotopic (exact) mass is 245 g/mol. The minimum absolute atomic E-state index is 0.171. The number of carbonyl (C=O) groups excluding carboxylic acids is 1. The fraction of sp³-hybridized carbons (Fsp3) is 0.500. The number of benzene rings is 1. The standard InChI is InChI=1S/C14H19N3O/c1-16-13(18)7-10-17(16)12-6-3-2-5-11(12)14(15)8-4-9-14/h2-3,5-6H,4,7-10,15H2,1H3. The number of nitrogens with two attached hydrogens (primary N) is 1. The number of anilines is 1. The first-order valence-electron chi connectivity index (χ1n) is 6.54. The third-order valence-corrected chi connectivity index (χ3v) is 4.22. The summed E-state index contributed by atoms with van der Waals surface area (Å²) in [5, 5.41) is 3.76. The summed E-state index contributed by atoms with van der Waals surface area (Å²) in [5.74, 6) is 0.171. The van der Waals surface area contributed by atoms with Crippen LogP contribution in [0.4, 0.5) is 5.69 Å². The fourth-order valence-electron chi connectivity index (χ4n) is 2.88. The zero-order chi connectivity index (χ0) is 12.8. The van der Waals surface area contributed by atoms with Crippen molar-refractivity contribution in [2.75, 3.05) is 18.6 Å². The lowest BCUT2D eigenvalue weighted by molar-refractivity contribution is -0.126. The van der Waals surface area contributed by atoms with Crippen LogP contribution in [-0.4, -0.2) is 24.5 Å². The van der Waals surface area contributed by atoms with Gasteiger partial charge in [0.1, 0.15) is 0 Å². The van der Waals surface area contributed by atoms with Gasteiger partial charge in [-0.05, 0) is 30.9 Å². The molecule has 1 aromatic rings. The molecule has 1 aliphatic heterocycles. The summed E-state index contributed by atoms with van der Waals surface area (Å²) in [6.07, 6.45) is 3.85. The largest absolute Gasteiger partial charge is 0.321 e. The molecule has 1 saturated carbocycles. The van der Waals surface area contributed by atoms with Crippen LogP contribution in [0, 0.1) is 0 Å². The first-order chi connectivity index (χ1) is 8.62. The Kier molecular flexibility index (Phi) is 2.55. The zero-order valence-electron chi connectivity index (χ0n) is 10.7. The molecule has 96 valence electrons. The molecule has 1 aliphatic carbocycles. The molecule has 0 spiro atoms. The van der Waals surface area contributed by atoms with E-state index in [4.69, 9.17) is 5.73 Å². The number of amides is 1. The molecule has 1 saturated heterocycles. The van der Waals surface area contributed by atoms with Gasteiger partial charge in [0.25, 0.3) is 0 Å². The summed E-state index contributed by atoms with van der Waals surface area (Å²) in [7, 11) is 1.83. The van der Waals surface area contributed by atoms with Crippen molar-refractivity contribution in [3.05, 3.63) is 29.8 Å². The number of carbonyl (C=O) groups is 1. The molecule has 0 bridgehead atoms. The third-order valence-electron chi connectivity index (χ3n) is 4.22. The molecule has 18 heavy (non-hydrogen) atoms. The maximum Gasteiger partial charge on any atom is 0.242 e. The highest BCUT2D eigenvalue weighted by Crippen LogP contribution is 2.43. The van der Waals surface area contributed by atoms with Crippen molar-refractivity contribution in [1.29, 1.82) is 0 Å². The molecule has 4 nitrogen and oxygen atoms in total. The highest BCUT2D eigenvalue weighted by molar-refractivity contribution is 5.82. The third kappa shape index (κ3) is 1.60. The summed E-state index contributed by atoms with van der Waals surface area (Å²) in [6, 6.07) is 8.21. The molecular formula is C14H19N3O. The second-order valence-electron chi connectivity index (χ2n) is 5.32. The van der Waals surface area contributed by atoms with Gasteiger partial charge in [-0.3, -0.25) is 14.8 Å². The van der Waals surface area contributed by atoms with E-state index in [0.29, 0.717) is 6.42 Å². The number of hydrogen-bond donors (Lipinski definition) is 1. The van der Waals surface area contributed by atoms with Gasteiger partial charge in [-0.2, -0.15) is 0 Å². The van der Waals surface area contributed by atoms with Crippen LogP contribution < -0.4 is 10.7 Å². The number of nitrogens with zero attached hydrogens (tertiary/aromatic N) is 2. The predicted octanol–water partition coefficient (Wildman–Crippen LogP) is 1.61. The molecule has 0 aromatic heterocycles. The van der Waals surface area contributed by atoms with Crippen LogP contribution >= 0.6 is 0 Å². The average molecular weight is 245 g/mol. The number of hydrazine groups is 1. The van der Waals surface area contributed by atoms with E-state index < -0.39 is 0 Å². The summed E-state index contributed by atoms with van der Waals surface area (Å²) < 4.78 is 0. The smallest absolute Gasteiger partial charge is 0.242 e. The highest BCUT2D eigenvalue weighted by Gasteiger charge is 2.38. The molecule has 2 aliphatic rings. The van der Waals surface area contributed by atoms with Gasteiger partial charge in [-0.15, -0.1) is 0 Å². The Morgan fingerprint density at radius 2 is 2.00 bits per heavy atom. The number of para-hydroxylation sites is 1. The van der Waals surface area contributed by atoms with Gasteiger partial charge in [0.05, 0.1) is 5.69 Å². The van der Waals surface area contributed by atoms with E-state index in [1.54, 1.807) is 5.01 Å². The Bertz CT molecular complexity index is 482. The lowest BCUT2D eigenvalue weighted by Crippen LogP contribution is -2.45. The Labute approximate surface area is 107 Å². The SMILES string of the molecule is CN1C(=O)CCN1c1ccccc1C1(N)CCC1. The molecular weight excluding hydrogens is 226 g/mol. The fourth-order valence-corrected chi connectivity index (χ4v) is 2.88. The zero-order valence-corrected chi connectivity index (χ0v) is 10.7. The summed E-state index contributed by atoms with van der Waals surface area (Å²) in [6.45, 7) is 0.752. The minimum atomic E-state index is -0.191. The molecule has 0 unspecified atom stereocenters. The van der Waals surface area contributed by atoms with E-state index in [9.17, 15) is 4.79 Å².